The highest BCUT2D eigenvalue weighted by molar-refractivity contribution is 5.69. The molecule has 5 heteroatoms. The summed E-state index contributed by atoms with van der Waals surface area (Å²) in [5, 5.41) is 9.36. The molecule has 1 aromatic heterocycles. The Hall–Kier alpha value is -2.53. The summed E-state index contributed by atoms with van der Waals surface area (Å²) in [5.74, 6) is 0.558. The second-order valence-corrected chi connectivity index (χ2v) is 5.02. The van der Waals surface area contributed by atoms with Crippen LogP contribution in [0.25, 0.3) is 22.6 Å². The van der Waals surface area contributed by atoms with Crippen molar-refractivity contribution >= 4 is 0 Å². The first-order chi connectivity index (χ1) is 11.0. The Labute approximate surface area is 130 Å². The van der Waals surface area contributed by atoms with Crippen molar-refractivity contribution in [2.24, 2.45) is 0 Å². The fourth-order valence-corrected chi connectivity index (χ4v) is 2.47. The number of rotatable bonds is 3. The quantitative estimate of drug-likeness (QED) is 0.726. The minimum absolute atomic E-state index is 0.00673. The largest absolute Gasteiger partial charge is 0.456 e. The number of aliphatic hydroxyl groups excluding tert-OH is 1. The van der Waals surface area contributed by atoms with Crippen LogP contribution in [-0.2, 0) is 12.8 Å². The number of furan rings is 1. The van der Waals surface area contributed by atoms with E-state index in [1.165, 1.54) is 24.3 Å². The van der Waals surface area contributed by atoms with Gasteiger partial charge in [-0.15, -0.1) is 0 Å². The van der Waals surface area contributed by atoms with Crippen molar-refractivity contribution in [1.29, 1.82) is 0 Å². The lowest BCUT2D eigenvalue weighted by Crippen LogP contribution is -2.06. The third-order valence-electron chi connectivity index (χ3n) is 3.56. The minimum Gasteiger partial charge on any atom is -0.456 e. The smallest absolute Gasteiger partial charge is 0.417 e. The van der Waals surface area contributed by atoms with Crippen LogP contribution in [0, 0.1) is 0 Å². The Morgan fingerprint density at radius 2 is 1.35 bits per heavy atom. The highest BCUT2D eigenvalue weighted by Gasteiger charge is 2.34. The first-order valence-electron chi connectivity index (χ1n) is 6.96. The van der Waals surface area contributed by atoms with Crippen LogP contribution in [-0.4, -0.2) is 5.11 Å². The van der Waals surface area contributed by atoms with E-state index in [1.807, 2.05) is 0 Å². The van der Waals surface area contributed by atoms with Gasteiger partial charge in [-0.25, -0.2) is 0 Å². The summed E-state index contributed by atoms with van der Waals surface area (Å²) >= 11 is 0. The topological polar surface area (TPSA) is 33.4 Å². The van der Waals surface area contributed by atoms with Crippen molar-refractivity contribution in [2.75, 3.05) is 0 Å². The summed E-state index contributed by atoms with van der Waals surface area (Å²) in [4.78, 5) is 0. The van der Waals surface area contributed by atoms with Gasteiger partial charge in [0.05, 0.1) is 12.2 Å². The summed E-state index contributed by atoms with van der Waals surface area (Å²) in [6, 6.07) is 15.4. The third kappa shape index (κ3) is 3.00. The number of halogens is 3. The Kier molecular flexibility index (Phi) is 3.96. The van der Waals surface area contributed by atoms with Gasteiger partial charge in [0.1, 0.15) is 11.5 Å². The molecule has 0 aliphatic carbocycles. The molecule has 0 fully saturated rings. The van der Waals surface area contributed by atoms with Gasteiger partial charge in [0.25, 0.3) is 0 Å². The van der Waals surface area contributed by atoms with Gasteiger partial charge in [-0.1, -0.05) is 42.5 Å². The van der Waals surface area contributed by atoms with Gasteiger partial charge in [0.2, 0.25) is 0 Å². The van der Waals surface area contributed by atoms with Crippen molar-refractivity contribution in [3.63, 3.8) is 0 Å². The van der Waals surface area contributed by atoms with Crippen LogP contribution in [0.3, 0.4) is 0 Å². The number of alkyl halides is 3. The number of benzene rings is 2. The van der Waals surface area contributed by atoms with E-state index < -0.39 is 11.7 Å². The summed E-state index contributed by atoms with van der Waals surface area (Å²) < 4.78 is 44.9. The maximum atomic E-state index is 13.1. The average Bonchev–Trinajstić information content (AvgIpc) is 3.03. The second kappa shape index (κ2) is 5.93. The predicted molar refractivity (Wildman–Crippen MR) is 80.5 cm³/mol. The molecule has 1 N–H and O–H groups in total. The molecule has 23 heavy (non-hydrogen) atoms. The molecule has 0 radical (unpaired) electrons. The number of aliphatic hydroxyl groups is 1. The first kappa shape index (κ1) is 15.4. The second-order valence-electron chi connectivity index (χ2n) is 5.02. The summed E-state index contributed by atoms with van der Waals surface area (Å²) in [6.07, 6.45) is -4.45. The van der Waals surface area contributed by atoms with Crippen LogP contribution < -0.4 is 0 Å². The summed E-state index contributed by atoms with van der Waals surface area (Å²) in [7, 11) is 0. The molecule has 2 nitrogen and oxygen atoms in total. The molecule has 0 amide bonds. The molecule has 0 unspecified atom stereocenters. The third-order valence-corrected chi connectivity index (χ3v) is 3.56. The maximum absolute atomic E-state index is 13.1. The van der Waals surface area contributed by atoms with Gasteiger partial charge in [-0.2, -0.15) is 13.2 Å². The normalized spacial score (nSPS) is 11.7. The van der Waals surface area contributed by atoms with Crippen LogP contribution >= 0.6 is 0 Å². The molecule has 0 spiro atoms. The molecular weight excluding hydrogens is 305 g/mol. The van der Waals surface area contributed by atoms with E-state index in [0.717, 1.165) is 6.07 Å². The van der Waals surface area contributed by atoms with Crippen LogP contribution in [0.4, 0.5) is 13.2 Å². The van der Waals surface area contributed by atoms with Gasteiger partial charge in [0.15, 0.2) is 0 Å². The van der Waals surface area contributed by atoms with E-state index >= 15 is 0 Å². The highest BCUT2D eigenvalue weighted by atomic mass is 19.4. The Balaban J connectivity index is 2.07. The van der Waals surface area contributed by atoms with Crippen LogP contribution in [0.5, 0.6) is 0 Å². The fourth-order valence-electron chi connectivity index (χ4n) is 2.47. The molecular formula is C18H13F3O2. The van der Waals surface area contributed by atoms with Crippen molar-refractivity contribution < 1.29 is 22.7 Å². The van der Waals surface area contributed by atoms with Gasteiger partial charge < -0.3 is 9.52 Å². The zero-order chi connectivity index (χ0) is 16.4. The monoisotopic (exact) mass is 318 g/mol. The van der Waals surface area contributed by atoms with Crippen molar-refractivity contribution in [3.05, 3.63) is 71.8 Å². The molecule has 3 aromatic rings. The molecule has 2 aromatic carbocycles. The number of hydrogen-bond donors (Lipinski definition) is 1. The van der Waals surface area contributed by atoms with Crippen LogP contribution in [0.1, 0.15) is 11.1 Å². The zero-order valence-electron chi connectivity index (χ0n) is 12.0. The van der Waals surface area contributed by atoms with Crippen LogP contribution in [0.2, 0.25) is 0 Å². The average molecular weight is 318 g/mol. The summed E-state index contributed by atoms with van der Waals surface area (Å²) in [6.45, 7) is -0.175. The molecule has 0 atom stereocenters. The lowest BCUT2D eigenvalue weighted by Gasteiger charge is -2.10. The molecule has 0 saturated carbocycles. The summed E-state index contributed by atoms with van der Waals surface area (Å²) in [5.41, 5.74) is 0.562. The van der Waals surface area contributed by atoms with E-state index in [9.17, 15) is 18.3 Å². The highest BCUT2D eigenvalue weighted by Crippen LogP contribution is 2.38. The Morgan fingerprint density at radius 3 is 2.00 bits per heavy atom. The van der Waals surface area contributed by atoms with Crippen molar-refractivity contribution in [2.45, 2.75) is 12.8 Å². The van der Waals surface area contributed by atoms with Crippen molar-refractivity contribution in [3.8, 4) is 22.6 Å². The molecule has 118 valence electrons. The van der Waals surface area contributed by atoms with Gasteiger partial charge in [-0.05, 0) is 23.8 Å². The van der Waals surface area contributed by atoms with E-state index in [0.29, 0.717) is 16.9 Å². The zero-order valence-corrected chi connectivity index (χ0v) is 12.0. The standard InChI is InChI=1S/C18H13F3O2/c19-18(20,21)15-8-4-3-7-14(15)17-10-9-16(23-17)13-6-2-1-5-12(13)11-22/h1-10,22H,11H2. The lowest BCUT2D eigenvalue weighted by atomic mass is 10.0. The van der Waals surface area contributed by atoms with Gasteiger partial charge in [-0.3, -0.25) is 0 Å². The molecule has 1 heterocycles. The Bertz CT molecular complexity index is 819. The van der Waals surface area contributed by atoms with Gasteiger partial charge in [0, 0.05) is 11.1 Å². The molecule has 3 rings (SSSR count). The molecule has 0 saturated heterocycles. The predicted octanol–water partition coefficient (Wildman–Crippen LogP) is 5.12. The maximum Gasteiger partial charge on any atom is 0.417 e. The van der Waals surface area contributed by atoms with E-state index in [4.69, 9.17) is 4.42 Å². The van der Waals surface area contributed by atoms with E-state index in [1.54, 1.807) is 30.3 Å². The van der Waals surface area contributed by atoms with E-state index in [-0.39, 0.29) is 17.9 Å². The minimum atomic E-state index is -4.45. The van der Waals surface area contributed by atoms with Crippen molar-refractivity contribution in [1.82, 2.24) is 0 Å². The van der Waals surface area contributed by atoms with Crippen LogP contribution in [0.15, 0.2) is 65.1 Å². The molecule has 0 bridgehead atoms. The SMILES string of the molecule is OCc1ccccc1-c1ccc(-c2ccccc2C(F)(F)F)o1. The molecule has 0 aliphatic rings. The fraction of sp³-hybridized carbons (Fsp3) is 0.111. The number of hydrogen-bond acceptors (Lipinski definition) is 2. The lowest BCUT2D eigenvalue weighted by molar-refractivity contribution is -0.137. The van der Waals surface area contributed by atoms with Gasteiger partial charge >= 0.3 is 6.18 Å². The Morgan fingerprint density at radius 1 is 0.783 bits per heavy atom. The first-order valence-corrected chi connectivity index (χ1v) is 6.96. The van der Waals surface area contributed by atoms with E-state index in [2.05, 4.69) is 0 Å². The molecule has 0 aliphatic heterocycles.